The maximum atomic E-state index is 6.23. The Hall–Kier alpha value is -1.18. The van der Waals surface area contributed by atoms with Gasteiger partial charge in [0.25, 0.3) is 0 Å². The second kappa shape index (κ2) is 6.72. The summed E-state index contributed by atoms with van der Waals surface area (Å²) < 4.78 is 0. The van der Waals surface area contributed by atoms with E-state index in [1.165, 1.54) is 31.2 Å². The molecule has 3 heteroatoms. The van der Waals surface area contributed by atoms with Crippen molar-refractivity contribution in [3.05, 3.63) is 64.1 Å². The van der Waals surface area contributed by atoms with Crippen molar-refractivity contribution in [2.45, 2.75) is 37.6 Å². The van der Waals surface area contributed by atoms with Crippen molar-refractivity contribution in [2.24, 2.45) is 0 Å². The molecule has 1 N–H and O–H groups in total. The predicted octanol–water partition coefficient (Wildman–Crippen LogP) is 6.13. The lowest BCUT2D eigenvalue weighted by Crippen LogP contribution is -2.25. The molecule has 1 nitrogen and oxygen atoms in total. The van der Waals surface area contributed by atoms with Gasteiger partial charge in [0, 0.05) is 11.1 Å². The van der Waals surface area contributed by atoms with Crippen LogP contribution in [-0.2, 0) is 0 Å². The highest BCUT2D eigenvalue weighted by atomic mass is 35.5. The molecule has 0 unspecified atom stereocenters. The van der Waals surface area contributed by atoms with Crippen LogP contribution in [0, 0.1) is 0 Å². The summed E-state index contributed by atoms with van der Waals surface area (Å²) in [6.07, 6.45) is 4.82. The van der Waals surface area contributed by atoms with E-state index in [0.29, 0.717) is 22.0 Å². The van der Waals surface area contributed by atoms with Crippen molar-refractivity contribution in [1.29, 1.82) is 0 Å². The van der Waals surface area contributed by atoms with Gasteiger partial charge in [-0.1, -0.05) is 53.5 Å². The Morgan fingerprint density at radius 2 is 1.57 bits per heavy atom. The summed E-state index contributed by atoms with van der Waals surface area (Å²) in [7, 11) is 0. The van der Waals surface area contributed by atoms with Gasteiger partial charge < -0.3 is 5.32 Å². The third-order valence-electron chi connectivity index (χ3n) is 4.29. The molecule has 1 aliphatic carbocycles. The van der Waals surface area contributed by atoms with Crippen LogP contribution < -0.4 is 5.32 Å². The average Bonchev–Trinajstić information content (AvgIpc) is 2.52. The fourth-order valence-electron chi connectivity index (χ4n) is 3.12. The standard InChI is InChI=1S/C18H19Cl2N/c19-15-8-11-18(17(20)12-15)21-16-9-6-14(7-10-16)13-4-2-1-3-5-13/h1-5,8,11-12,14,16,21H,6-7,9-10H2. The van der Waals surface area contributed by atoms with Crippen molar-refractivity contribution in [3.8, 4) is 0 Å². The zero-order valence-electron chi connectivity index (χ0n) is 11.9. The number of halogens is 2. The lowest BCUT2D eigenvalue weighted by Gasteiger charge is -2.30. The number of hydrogen-bond acceptors (Lipinski definition) is 1. The first-order valence-corrected chi connectivity index (χ1v) is 8.24. The maximum absolute atomic E-state index is 6.23. The normalized spacial score (nSPS) is 22.0. The van der Waals surface area contributed by atoms with Gasteiger partial charge in [-0.3, -0.25) is 0 Å². The van der Waals surface area contributed by atoms with E-state index in [9.17, 15) is 0 Å². The van der Waals surface area contributed by atoms with Crippen molar-refractivity contribution in [1.82, 2.24) is 0 Å². The van der Waals surface area contributed by atoms with Crippen LogP contribution in [0.1, 0.15) is 37.2 Å². The molecule has 21 heavy (non-hydrogen) atoms. The SMILES string of the molecule is Clc1ccc(NC2CCC(c3ccccc3)CC2)c(Cl)c1. The maximum Gasteiger partial charge on any atom is 0.0652 e. The van der Waals surface area contributed by atoms with Crippen LogP contribution in [0.4, 0.5) is 5.69 Å². The lowest BCUT2D eigenvalue weighted by molar-refractivity contribution is 0.412. The number of nitrogens with one attached hydrogen (secondary N) is 1. The number of hydrogen-bond donors (Lipinski definition) is 1. The van der Waals surface area contributed by atoms with Gasteiger partial charge in [-0.2, -0.15) is 0 Å². The van der Waals surface area contributed by atoms with E-state index in [1.807, 2.05) is 12.1 Å². The summed E-state index contributed by atoms with van der Waals surface area (Å²) in [6.45, 7) is 0. The minimum Gasteiger partial charge on any atom is -0.381 e. The molecular weight excluding hydrogens is 301 g/mol. The van der Waals surface area contributed by atoms with Gasteiger partial charge in [-0.25, -0.2) is 0 Å². The second-order valence-electron chi connectivity index (χ2n) is 5.73. The third kappa shape index (κ3) is 3.72. The molecule has 3 rings (SSSR count). The van der Waals surface area contributed by atoms with Crippen LogP contribution in [0.2, 0.25) is 10.0 Å². The summed E-state index contributed by atoms with van der Waals surface area (Å²) in [5.74, 6) is 0.699. The van der Waals surface area contributed by atoms with Gasteiger partial charge in [0.05, 0.1) is 10.7 Å². The van der Waals surface area contributed by atoms with Crippen molar-refractivity contribution >= 4 is 28.9 Å². The smallest absolute Gasteiger partial charge is 0.0652 e. The Balaban J connectivity index is 1.59. The Labute approximate surface area is 136 Å². The monoisotopic (exact) mass is 319 g/mol. The van der Waals surface area contributed by atoms with E-state index in [-0.39, 0.29) is 0 Å². The molecule has 0 bridgehead atoms. The van der Waals surface area contributed by atoms with Crippen molar-refractivity contribution < 1.29 is 0 Å². The summed E-state index contributed by atoms with van der Waals surface area (Å²) >= 11 is 12.2. The van der Waals surface area contributed by atoms with Crippen LogP contribution in [0.5, 0.6) is 0 Å². The molecule has 1 fully saturated rings. The van der Waals surface area contributed by atoms with Gasteiger partial charge in [-0.05, 0) is 55.4 Å². The molecule has 0 amide bonds. The summed E-state index contributed by atoms with van der Waals surface area (Å²) in [5, 5.41) is 4.94. The lowest BCUT2D eigenvalue weighted by atomic mass is 9.82. The van der Waals surface area contributed by atoms with Crippen LogP contribution in [0.25, 0.3) is 0 Å². The Morgan fingerprint density at radius 3 is 2.24 bits per heavy atom. The Bertz CT molecular complexity index is 589. The third-order valence-corrected chi connectivity index (χ3v) is 4.84. The van der Waals surface area contributed by atoms with E-state index < -0.39 is 0 Å². The number of anilines is 1. The van der Waals surface area contributed by atoms with Crippen LogP contribution in [0.15, 0.2) is 48.5 Å². The van der Waals surface area contributed by atoms with Crippen molar-refractivity contribution in [3.63, 3.8) is 0 Å². The molecule has 1 saturated carbocycles. The van der Waals surface area contributed by atoms with E-state index >= 15 is 0 Å². The van der Waals surface area contributed by atoms with E-state index in [1.54, 1.807) is 6.07 Å². The second-order valence-corrected chi connectivity index (χ2v) is 6.57. The average molecular weight is 320 g/mol. The van der Waals surface area contributed by atoms with Gasteiger partial charge in [-0.15, -0.1) is 0 Å². The Kier molecular flexibility index (Phi) is 4.72. The first-order chi connectivity index (χ1) is 10.2. The molecule has 2 aromatic carbocycles. The molecule has 0 atom stereocenters. The highest BCUT2D eigenvalue weighted by Gasteiger charge is 2.22. The Morgan fingerprint density at radius 1 is 0.857 bits per heavy atom. The van der Waals surface area contributed by atoms with E-state index in [0.717, 1.165) is 5.69 Å². The molecule has 0 aromatic heterocycles. The van der Waals surface area contributed by atoms with Gasteiger partial charge in [0.2, 0.25) is 0 Å². The van der Waals surface area contributed by atoms with Crippen LogP contribution in [-0.4, -0.2) is 6.04 Å². The predicted molar refractivity (Wildman–Crippen MR) is 91.5 cm³/mol. The summed E-state index contributed by atoms with van der Waals surface area (Å²) in [5.41, 5.74) is 2.46. The number of rotatable bonds is 3. The molecule has 0 saturated heterocycles. The molecule has 2 aromatic rings. The van der Waals surface area contributed by atoms with Crippen molar-refractivity contribution in [2.75, 3.05) is 5.32 Å². The fraction of sp³-hybridized carbons (Fsp3) is 0.333. The zero-order valence-corrected chi connectivity index (χ0v) is 13.4. The van der Waals surface area contributed by atoms with Gasteiger partial charge in [0.15, 0.2) is 0 Å². The first kappa shape index (κ1) is 14.7. The quantitative estimate of drug-likeness (QED) is 0.717. The van der Waals surface area contributed by atoms with Crippen LogP contribution in [0.3, 0.4) is 0 Å². The summed E-state index contributed by atoms with van der Waals surface area (Å²) in [4.78, 5) is 0. The minimum atomic E-state index is 0.503. The topological polar surface area (TPSA) is 12.0 Å². The van der Waals surface area contributed by atoms with Gasteiger partial charge >= 0.3 is 0 Å². The highest BCUT2D eigenvalue weighted by Crippen LogP contribution is 2.35. The molecule has 110 valence electrons. The summed E-state index contributed by atoms with van der Waals surface area (Å²) in [6, 6.07) is 17.0. The zero-order chi connectivity index (χ0) is 14.7. The fourth-order valence-corrected chi connectivity index (χ4v) is 3.59. The van der Waals surface area contributed by atoms with E-state index in [4.69, 9.17) is 23.2 Å². The van der Waals surface area contributed by atoms with Crippen LogP contribution >= 0.6 is 23.2 Å². The molecule has 0 aliphatic heterocycles. The largest absolute Gasteiger partial charge is 0.381 e. The molecule has 0 heterocycles. The molecular formula is C18H19Cl2N. The minimum absolute atomic E-state index is 0.503. The molecule has 0 spiro atoms. The van der Waals surface area contributed by atoms with Gasteiger partial charge in [0.1, 0.15) is 0 Å². The molecule has 1 aliphatic rings. The molecule has 0 radical (unpaired) electrons. The first-order valence-electron chi connectivity index (χ1n) is 7.49. The highest BCUT2D eigenvalue weighted by molar-refractivity contribution is 6.36. The number of benzene rings is 2. The van der Waals surface area contributed by atoms with E-state index in [2.05, 4.69) is 35.6 Å².